The van der Waals surface area contributed by atoms with E-state index in [1.165, 1.54) is 5.56 Å². The van der Waals surface area contributed by atoms with E-state index in [1.54, 1.807) is 0 Å². The first-order valence-corrected chi connectivity index (χ1v) is 5.21. The van der Waals surface area contributed by atoms with Crippen LogP contribution in [0.2, 0.25) is 0 Å². The number of hydrogen-bond acceptors (Lipinski definition) is 2. The second-order valence-electron chi connectivity index (χ2n) is 5.03. The molecule has 0 amide bonds. The van der Waals surface area contributed by atoms with Gasteiger partial charge in [0.25, 0.3) is 0 Å². The second kappa shape index (κ2) is 3.44. The summed E-state index contributed by atoms with van der Waals surface area (Å²) in [5.41, 5.74) is 1.36. The van der Waals surface area contributed by atoms with Gasteiger partial charge in [-0.25, -0.2) is 0 Å². The largest absolute Gasteiger partial charge is 0.454 e. The lowest BCUT2D eigenvalue weighted by atomic mass is 9.78. The minimum atomic E-state index is 0.160. The highest BCUT2D eigenvalue weighted by Crippen LogP contribution is 2.39. The lowest BCUT2D eigenvalue weighted by Gasteiger charge is -2.27. The monoisotopic (exact) mass is 205 g/mol. The van der Waals surface area contributed by atoms with Crippen LogP contribution in [0.4, 0.5) is 0 Å². The van der Waals surface area contributed by atoms with E-state index in [1.807, 2.05) is 12.1 Å². The first kappa shape index (κ1) is 10.3. The molecule has 0 saturated heterocycles. The lowest BCUT2D eigenvalue weighted by molar-refractivity contribution is 0.174. The van der Waals surface area contributed by atoms with Crippen LogP contribution >= 0.6 is 0 Å². The molecular formula is C13H17O2. The molecule has 1 aromatic rings. The topological polar surface area (TPSA) is 18.5 Å². The van der Waals surface area contributed by atoms with Gasteiger partial charge in [0.05, 0.1) is 0 Å². The predicted molar refractivity (Wildman–Crippen MR) is 60.1 cm³/mol. The zero-order valence-corrected chi connectivity index (χ0v) is 9.54. The van der Waals surface area contributed by atoms with Gasteiger partial charge in [-0.3, -0.25) is 0 Å². The molecule has 1 unspecified atom stereocenters. The maximum Gasteiger partial charge on any atom is 0.231 e. The molecule has 2 nitrogen and oxygen atoms in total. The summed E-state index contributed by atoms with van der Waals surface area (Å²) < 4.78 is 10.6. The van der Waals surface area contributed by atoms with E-state index >= 15 is 0 Å². The molecule has 1 radical (unpaired) electrons. The summed E-state index contributed by atoms with van der Waals surface area (Å²) in [4.78, 5) is 0. The molecule has 2 rings (SSSR count). The highest BCUT2D eigenvalue weighted by atomic mass is 16.7. The van der Waals surface area contributed by atoms with Crippen molar-refractivity contribution < 1.29 is 9.47 Å². The Morgan fingerprint density at radius 3 is 2.53 bits per heavy atom. The standard InChI is InChI=1S/C13H17O2/c1-9(13(2,3)4)10-5-6-11-12(7-10)15-8-14-11/h5-7,9H,1,8H2,2-4H3. The Morgan fingerprint density at radius 1 is 1.20 bits per heavy atom. The average molecular weight is 205 g/mol. The average Bonchev–Trinajstić information content (AvgIpc) is 2.61. The van der Waals surface area contributed by atoms with Crippen LogP contribution in [0.15, 0.2) is 18.2 Å². The van der Waals surface area contributed by atoms with Crippen molar-refractivity contribution in [3.05, 3.63) is 30.7 Å². The van der Waals surface area contributed by atoms with Gasteiger partial charge in [-0.1, -0.05) is 26.8 Å². The second-order valence-corrected chi connectivity index (χ2v) is 5.03. The number of ether oxygens (including phenoxy) is 2. The molecule has 1 heterocycles. The normalized spacial score (nSPS) is 16.5. The van der Waals surface area contributed by atoms with Crippen LogP contribution < -0.4 is 9.47 Å². The van der Waals surface area contributed by atoms with E-state index in [0.29, 0.717) is 6.79 Å². The van der Waals surface area contributed by atoms with Gasteiger partial charge in [0.1, 0.15) is 0 Å². The lowest BCUT2D eigenvalue weighted by Crippen LogP contribution is -2.15. The quantitative estimate of drug-likeness (QED) is 0.699. The molecular weight excluding hydrogens is 188 g/mol. The first-order valence-electron chi connectivity index (χ1n) is 5.21. The molecule has 15 heavy (non-hydrogen) atoms. The molecule has 0 spiro atoms. The third-order valence-corrected chi connectivity index (χ3v) is 2.84. The maximum absolute atomic E-state index is 5.35. The molecule has 0 aliphatic carbocycles. The van der Waals surface area contributed by atoms with Crippen molar-refractivity contribution in [3.63, 3.8) is 0 Å². The van der Waals surface area contributed by atoms with Gasteiger partial charge in [0.2, 0.25) is 6.79 Å². The van der Waals surface area contributed by atoms with Crippen LogP contribution in [0.3, 0.4) is 0 Å². The summed E-state index contributed by atoms with van der Waals surface area (Å²) >= 11 is 0. The summed E-state index contributed by atoms with van der Waals surface area (Å²) in [6.45, 7) is 11.1. The van der Waals surface area contributed by atoms with E-state index in [0.717, 1.165) is 11.5 Å². The van der Waals surface area contributed by atoms with Crippen molar-refractivity contribution >= 4 is 0 Å². The number of rotatable bonds is 1. The van der Waals surface area contributed by atoms with Gasteiger partial charge in [-0.15, -0.1) is 0 Å². The van der Waals surface area contributed by atoms with Gasteiger partial charge < -0.3 is 9.47 Å². The summed E-state index contributed by atoms with van der Waals surface area (Å²) in [5, 5.41) is 0. The molecule has 0 aromatic heterocycles. The molecule has 2 heteroatoms. The fourth-order valence-electron chi connectivity index (χ4n) is 1.63. The van der Waals surface area contributed by atoms with Crippen molar-refractivity contribution in [1.29, 1.82) is 0 Å². The third kappa shape index (κ3) is 1.94. The van der Waals surface area contributed by atoms with Crippen molar-refractivity contribution in [2.45, 2.75) is 26.7 Å². The Kier molecular flexibility index (Phi) is 2.37. The van der Waals surface area contributed by atoms with Gasteiger partial charge in [-0.05, 0) is 36.0 Å². The van der Waals surface area contributed by atoms with E-state index in [-0.39, 0.29) is 11.3 Å². The van der Waals surface area contributed by atoms with Crippen molar-refractivity contribution in [2.24, 2.45) is 5.41 Å². The first-order chi connectivity index (χ1) is 6.98. The van der Waals surface area contributed by atoms with Crippen LogP contribution in [0.1, 0.15) is 32.3 Å². The van der Waals surface area contributed by atoms with Crippen molar-refractivity contribution in [2.75, 3.05) is 6.79 Å². The summed E-state index contributed by atoms with van der Waals surface area (Å²) in [5.74, 6) is 1.93. The van der Waals surface area contributed by atoms with E-state index in [4.69, 9.17) is 9.47 Å². The van der Waals surface area contributed by atoms with Crippen molar-refractivity contribution in [1.82, 2.24) is 0 Å². The van der Waals surface area contributed by atoms with Crippen LogP contribution in [0.5, 0.6) is 11.5 Å². The molecule has 0 fully saturated rings. The molecule has 1 aliphatic heterocycles. The zero-order chi connectivity index (χ0) is 11.1. The van der Waals surface area contributed by atoms with Crippen LogP contribution in [0.25, 0.3) is 0 Å². The van der Waals surface area contributed by atoms with E-state index in [9.17, 15) is 0 Å². The Morgan fingerprint density at radius 2 is 1.87 bits per heavy atom. The van der Waals surface area contributed by atoms with Crippen LogP contribution in [0, 0.1) is 12.3 Å². The number of fused-ring (bicyclic) bond motifs is 1. The third-order valence-electron chi connectivity index (χ3n) is 2.84. The van der Waals surface area contributed by atoms with Gasteiger partial charge in [0.15, 0.2) is 11.5 Å². The summed E-state index contributed by atoms with van der Waals surface area (Å²) in [7, 11) is 0. The zero-order valence-electron chi connectivity index (χ0n) is 9.54. The molecule has 0 bridgehead atoms. The number of benzene rings is 1. The molecule has 0 saturated carbocycles. The highest BCUT2D eigenvalue weighted by molar-refractivity contribution is 5.45. The Bertz CT molecular complexity index is 363. The maximum atomic E-state index is 5.35. The summed E-state index contributed by atoms with van der Waals surface area (Å²) in [6.07, 6.45) is 0. The minimum Gasteiger partial charge on any atom is -0.454 e. The molecule has 1 atom stereocenters. The van der Waals surface area contributed by atoms with E-state index in [2.05, 4.69) is 33.8 Å². The fourth-order valence-corrected chi connectivity index (χ4v) is 1.63. The predicted octanol–water partition coefficient (Wildman–Crippen LogP) is 3.38. The smallest absolute Gasteiger partial charge is 0.231 e. The highest BCUT2D eigenvalue weighted by Gasteiger charge is 2.23. The van der Waals surface area contributed by atoms with Gasteiger partial charge >= 0.3 is 0 Å². The van der Waals surface area contributed by atoms with E-state index < -0.39 is 0 Å². The molecule has 81 valence electrons. The SMILES string of the molecule is [CH2]C(c1ccc2c(c1)OCO2)C(C)(C)C. The molecule has 0 N–H and O–H groups in total. The van der Waals surface area contributed by atoms with Crippen LogP contribution in [-0.2, 0) is 0 Å². The number of hydrogen-bond donors (Lipinski definition) is 0. The Hall–Kier alpha value is -1.18. The summed E-state index contributed by atoms with van der Waals surface area (Å²) in [6, 6.07) is 6.06. The minimum absolute atomic E-state index is 0.160. The van der Waals surface area contributed by atoms with Gasteiger partial charge in [-0.2, -0.15) is 0 Å². The molecule has 1 aliphatic rings. The van der Waals surface area contributed by atoms with Gasteiger partial charge in [0, 0.05) is 0 Å². The molecule has 1 aromatic carbocycles. The van der Waals surface area contributed by atoms with Crippen molar-refractivity contribution in [3.8, 4) is 11.5 Å². The fraction of sp³-hybridized carbons (Fsp3) is 0.462. The Labute approximate surface area is 91.2 Å². The van der Waals surface area contributed by atoms with Crippen LogP contribution in [-0.4, -0.2) is 6.79 Å². The Balaban J connectivity index is 2.31.